The molecule has 0 amide bonds. The number of aliphatic hydroxyl groups excluding tert-OH is 1. The van der Waals surface area contributed by atoms with E-state index in [2.05, 4.69) is 28.8 Å². The molecule has 4 nitrogen and oxygen atoms in total. The molecule has 0 saturated heterocycles. The highest BCUT2D eigenvalue weighted by atomic mass is 16.3. The second-order valence-corrected chi connectivity index (χ2v) is 5.01. The quantitative estimate of drug-likeness (QED) is 0.860. The van der Waals surface area contributed by atoms with E-state index in [1.807, 2.05) is 13.0 Å². The fourth-order valence-electron chi connectivity index (χ4n) is 2.30. The van der Waals surface area contributed by atoms with Crippen LogP contribution in [-0.2, 0) is 6.42 Å². The number of aryl methyl sites for hydroxylation is 2. The number of anilines is 1. The summed E-state index contributed by atoms with van der Waals surface area (Å²) in [5.41, 5.74) is 1.02. The molecule has 0 spiro atoms. The first-order chi connectivity index (χ1) is 8.08. The summed E-state index contributed by atoms with van der Waals surface area (Å²) in [4.78, 5) is 11.1. The van der Waals surface area contributed by atoms with Gasteiger partial charge in [0.2, 0.25) is 0 Å². The zero-order valence-electron chi connectivity index (χ0n) is 10.8. The highest BCUT2D eigenvalue weighted by Gasteiger charge is 2.28. The summed E-state index contributed by atoms with van der Waals surface area (Å²) in [7, 11) is 2.06. The molecule has 0 atom stereocenters. The molecule has 0 aromatic carbocycles. The van der Waals surface area contributed by atoms with Crippen molar-refractivity contribution in [3.63, 3.8) is 0 Å². The number of hydrogen-bond donors (Lipinski definition) is 1. The first-order valence-corrected chi connectivity index (χ1v) is 6.32. The Kier molecular flexibility index (Phi) is 3.62. The molecule has 17 heavy (non-hydrogen) atoms. The molecule has 4 heteroatoms. The second kappa shape index (κ2) is 5.00. The van der Waals surface area contributed by atoms with Gasteiger partial charge in [-0.15, -0.1) is 0 Å². The second-order valence-electron chi connectivity index (χ2n) is 5.01. The van der Waals surface area contributed by atoms with Crippen LogP contribution < -0.4 is 4.90 Å². The lowest BCUT2D eigenvalue weighted by atomic mass is 9.82. The van der Waals surface area contributed by atoms with Gasteiger partial charge in [0.05, 0.1) is 6.10 Å². The van der Waals surface area contributed by atoms with E-state index in [-0.39, 0.29) is 6.10 Å². The first kappa shape index (κ1) is 12.3. The Morgan fingerprint density at radius 3 is 2.71 bits per heavy atom. The van der Waals surface area contributed by atoms with E-state index in [1.165, 1.54) is 0 Å². The lowest BCUT2D eigenvalue weighted by Gasteiger charge is -2.34. The SMILES string of the molecule is CCc1nc(C)cc(N(C)CC2CC(O)C2)n1. The third-order valence-corrected chi connectivity index (χ3v) is 3.34. The van der Waals surface area contributed by atoms with E-state index in [1.54, 1.807) is 0 Å². The van der Waals surface area contributed by atoms with Crippen molar-refractivity contribution in [2.24, 2.45) is 5.92 Å². The van der Waals surface area contributed by atoms with Crippen molar-refractivity contribution in [3.8, 4) is 0 Å². The van der Waals surface area contributed by atoms with Gasteiger partial charge >= 0.3 is 0 Å². The predicted molar refractivity (Wildman–Crippen MR) is 68.1 cm³/mol. The Bertz CT molecular complexity index is 388. The minimum Gasteiger partial charge on any atom is -0.393 e. The standard InChI is InChI=1S/C13H21N3O/c1-4-12-14-9(2)5-13(15-12)16(3)8-10-6-11(17)7-10/h5,10-11,17H,4,6-8H2,1-3H3. The molecular weight excluding hydrogens is 214 g/mol. The summed E-state index contributed by atoms with van der Waals surface area (Å²) >= 11 is 0. The molecule has 2 rings (SSSR count). The Labute approximate surface area is 103 Å². The smallest absolute Gasteiger partial charge is 0.132 e. The minimum absolute atomic E-state index is 0.0771. The van der Waals surface area contributed by atoms with Crippen LogP contribution in [-0.4, -0.2) is 34.8 Å². The van der Waals surface area contributed by atoms with E-state index in [0.29, 0.717) is 5.92 Å². The van der Waals surface area contributed by atoms with Crippen molar-refractivity contribution in [2.45, 2.75) is 39.2 Å². The Hall–Kier alpha value is -1.16. The summed E-state index contributed by atoms with van der Waals surface area (Å²) in [5.74, 6) is 2.51. The summed E-state index contributed by atoms with van der Waals surface area (Å²) in [6.45, 7) is 5.04. The van der Waals surface area contributed by atoms with Gasteiger partial charge in [0.25, 0.3) is 0 Å². The average Bonchev–Trinajstić information content (AvgIpc) is 2.26. The number of aliphatic hydroxyl groups is 1. The minimum atomic E-state index is -0.0771. The highest BCUT2D eigenvalue weighted by molar-refractivity contribution is 5.38. The zero-order chi connectivity index (χ0) is 12.4. The Morgan fingerprint density at radius 1 is 1.41 bits per heavy atom. The topological polar surface area (TPSA) is 49.2 Å². The molecule has 1 aliphatic rings. The van der Waals surface area contributed by atoms with Crippen LogP contribution in [0.25, 0.3) is 0 Å². The summed E-state index contributed by atoms with van der Waals surface area (Å²) < 4.78 is 0. The fraction of sp³-hybridized carbons (Fsp3) is 0.692. The van der Waals surface area contributed by atoms with Gasteiger partial charge in [-0.1, -0.05) is 6.92 Å². The van der Waals surface area contributed by atoms with E-state index < -0.39 is 0 Å². The molecule has 1 N–H and O–H groups in total. The maximum absolute atomic E-state index is 9.28. The van der Waals surface area contributed by atoms with Crippen molar-refractivity contribution in [1.29, 1.82) is 0 Å². The molecule has 94 valence electrons. The third kappa shape index (κ3) is 2.94. The number of aromatic nitrogens is 2. The first-order valence-electron chi connectivity index (χ1n) is 6.32. The molecule has 1 saturated carbocycles. The van der Waals surface area contributed by atoms with Gasteiger partial charge in [0.1, 0.15) is 11.6 Å². The van der Waals surface area contributed by atoms with E-state index in [9.17, 15) is 5.11 Å². The number of hydrogen-bond acceptors (Lipinski definition) is 4. The lowest BCUT2D eigenvalue weighted by Crippen LogP contribution is -2.37. The molecule has 1 heterocycles. The van der Waals surface area contributed by atoms with Gasteiger partial charge in [-0.25, -0.2) is 9.97 Å². The van der Waals surface area contributed by atoms with Crippen LogP contribution >= 0.6 is 0 Å². The molecular formula is C13H21N3O. The van der Waals surface area contributed by atoms with E-state index in [4.69, 9.17) is 0 Å². The predicted octanol–water partition coefficient (Wildman–Crippen LogP) is 1.55. The number of nitrogens with zero attached hydrogens (tertiary/aromatic N) is 3. The molecule has 0 aliphatic heterocycles. The van der Waals surface area contributed by atoms with Crippen molar-refractivity contribution in [3.05, 3.63) is 17.6 Å². The Balaban J connectivity index is 2.02. The van der Waals surface area contributed by atoms with Crippen molar-refractivity contribution in [2.75, 3.05) is 18.5 Å². The van der Waals surface area contributed by atoms with Crippen LogP contribution in [0.1, 0.15) is 31.3 Å². The van der Waals surface area contributed by atoms with Crippen LogP contribution in [0.15, 0.2) is 6.07 Å². The molecule has 0 radical (unpaired) electrons. The van der Waals surface area contributed by atoms with E-state index in [0.717, 1.165) is 43.1 Å². The van der Waals surface area contributed by atoms with Gasteiger partial charge in [-0.2, -0.15) is 0 Å². The van der Waals surface area contributed by atoms with Crippen molar-refractivity contribution in [1.82, 2.24) is 9.97 Å². The van der Waals surface area contributed by atoms with Crippen LogP contribution in [0, 0.1) is 12.8 Å². The normalized spacial score (nSPS) is 23.3. The van der Waals surface area contributed by atoms with Crippen molar-refractivity contribution < 1.29 is 5.11 Å². The maximum Gasteiger partial charge on any atom is 0.132 e. The van der Waals surface area contributed by atoms with Crippen LogP contribution in [0.2, 0.25) is 0 Å². The van der Waals surface area contributed by atoms with Gasteiger partial charge < -0.3 is 10.0 Å². The molecule has 1 aliphatic carbocycles. The molecule has 1 fully saturated rings. The highest BCUT2D eigenvalue weighted by Crippen LogP contribution is 2.28. The lowest BCUT2D eigenvalue weighted by molar-refractivity contribution is 0.0464. The van der Waals surface area contributed by atoms with Gasteiger partial charge in [-0.3, -0.25) is 0 Å². The summed E-state index contributed by atoms with van der Waals surface area (Å²) in [6.07, 6.45) is 2.64. The third-order valence-electron chi connectivity index (χ3n) is 3.34. The molecule has 0 unspecified atom stereocenters. The Morgan fingerprint density at radius 2 is 2.12 bits per heavy atom. The summed E-state index contributed by atoms with van der Waals surface area (Å²) in [6, 6.07) is 2.02. The van der Waals surface area contributed by atoms with Crippen LogP contribution in [0.4, 0.5) is 5.82 Å². The fourth-order valence-corrected chi connectivity index (χ4v) is 2.30. The summed E-state index contributed by atoms with van der Waals surface area (Å²) in [5, 5.41) is 9.28. The van der Waals surface area contributed by atoms with Crippen LogP contribution in [0.5, 0.6) is 0 Å². The van der Waals surface area contributed by atoms with Gasteiger partial charge in [0, 0.05) is 31.8 Å². The molecule has 1 aromatic heterocycles. The van der Waals surface area contributed by atoms with Crippen molar-refractivity contribution >= 4 is 5.82 Å². The molecule has 0 bridgehead atoms. The van der Waals surface area contributed by atoms with E-state index >= 15 is 0 Å². The van der Waals surface area contributed by atoms with Gasteiger partial charge in [0.15, 0.2) is 0 Å². The molecule has 1 aromatic rings. The zero-order valence-corrected chi connectivity index (χ0v) is 10.8. The number of rotatable bonds is 4. The monoisotopic (exact) mass is 235 g/mol. The average molecular weight is 235 g/mol. The van der Waals surface area contributed by atoms with Gasteiger partial charge in [-0.05, 0) is 25.7 Å². The maximum atomic E-state index is 9.28. The van der Waals surface area contributed by atoms with Crippen LogP contribution in [0.3, 0.4) is 0 Å². The largest absolute Gasteiger partial charge is 0.393 e.